The lowest BCUT2D eigenvalue weighted by Crippen LogP contribution is -2.21. The van der Waals surface area contributed by atoms with E-state index in [-0.39, 0.29) is 29.0 Å². The third-order valence-electron chi connectivity index (χ3n) is 3.92. The van der Waals surface area contributed by atoms with Gasteiger partial charge in [0.2, 0.25) is 5.88 Å². The van der Waals surface area contributed by atoms with Crippen molar-refractivity contribution in [1.29, 1.82) is 0 Å². The molecule has 0 aliphatic rings. The van der Waals surface area contributed by atoms with Gasteiger partial charge in [0.1, 0.15) is 10.6 Å². The topological polar surface area (TPSA) is 150 Å². The van der Waals surface area contributed by atoms with E-state index in [0.29, 0.717) is 12.0 Å². The third kappa shape index (κ3) is 3.88. The van der Waals surface area contributed by atoms with E-state index in [9.17, 15) is 27.7 Å². The molecule has 1 aromatic heterocycles. The zero-order valence-corrected chi connectivity index (χ0v) is 15.6. The van der Waals surface area contributed by atoms with E-state index in [2.05, 4.69) is 15.5 Å². The molecule has 11 heteroatoms. The lowest BCUT2D eigenvalue weighted by Gasteiger charge is -2.11. The van der Waals surface area contributed by atoms with E-state index >= 15 is 0 Å². The minimum Gasteiger partial charge on any atom is -0.494 e. The van der Waals surface area contributed by atoms with Gasteiger partial charge in [0.15, 0.2) is 12.0 Å². The van der Waals surface area contributed by atoms with Gasteiger partial charge in [-0.05, 0) is 37.6 Å². The number of aromatic hydroxyl groups is 1. The Balaban J connectivity index is 2.73. The van der Waals surface area contributed by atoms with Crippen LogP contribution >= 0.6 is 0 Å². The normalized spacial score (nSPS) is 11.7. The summed E-state index contributed by atoms with van der Waals surface area (Å²) in [6, 6.07) is 3.88. The summed E-state index contributed by atoms with van der Waals surface area (Å²) in [5.74, 6) is -0.482. The fourth-order valence-electron chi connectivity index (χ4n) is 2.45. The lowest BCUT2D eigenvalue weighted by atomic mass is 10.1. The van der Waals surface area contributed by atoms with Crippen molar-refractivity contribution in [3.05, 3.63) is 39.7 Å². The highest BCUT2D eigenvalue weighted by atomic mass is 32.2. The monoisotopic (exact) mass is 394 g/mol. The van der Waals surface area contributed by atoms with Crippen LogP contribution in [0.5, 0.6) is 5.88 Å². The van der Waals surface area contributed by atoms with Gasteiger partial charge in [-0.3, -0.25) is 18.7 Å². The average Bonchev–Trinajstić information content (AvgIpc) is 2.61. The number of benzene rings is 1. The molecule has 1 aromatic carbocycles. The number of rotatable bonds is 6. The van der Waals surface area contributed by atoms with Gasteiger partial charge in [0, 0.05) is 19.3 Å². The summed E-state index contributed by atoms with van der Waals surface area (Å²) in [5.41, 5.74) is -0.651. The van der Waals surface area contributed by atoms with E-state index in [4.69, 9.17) is 0 Å². The van der Waals surface area contributed by atoms with E-state index in [0.717, 1.165) is 10.6 Å². The SMILES string of the molecule is CCn1c(O)c(C=O)c(C)c(N=Nc2cc(NC)ccc2S(=O)(=O)O)c1=O. The Bertz CT molecular complexity index is 1090. The number of nitrogens with zero attached hydrogens (tertiary/aromatic N) is 3. The van der Waals surface area contributed by atoms with Crippen molar-refractivity contribution in [3.8, 4) is 5.88 Å². The summed E-state index contributed by atoms with van der Waals surface area (Å²) >= 11 is 0. The van der Waals surface area contributed by atoms with Gasteiger partial charge in [-0.15, -0.1) is 10.2 Å². The molecule has 0 radical (unpaired) electrons. The third-order valence-corrected chi connectivity index (χ3v) is 4.82. The molecular weight excluding hydrogens is 376 g/mol. The van der Waals surface area contributed by atoms with E-state index in [1.165, 1.54) is 19.1 Å². The van der Waals surface area contributed by atoms with Crippen LogP contribution in [0.3, 0.4) is 0 Å². The van der Waals surface area contributed by atoms with Crippen molar-refractivity contribution in [2.75, 3.05) is 12.4 Å². The number of hydrogen-bond acceptors (Lipinski definition) is 8. The Morgan fingerprint density at radius 2 is 1.96 bits per heavy atom. The zero-order chi connectivity index (χ0) is 20.4. The predicted molar refractivity (Wildman–Crippen MR) is 98.1 cm³/mol. The van der Waals surface area contributed by atoms with Crippen LogP contribution in [0, 0.1) is 6.92 Å². The minimum atomic E-state index is -4.58. The Morgan fingerprint density at radius 3 is 2.48 bits per heavy atom. The molecule has 0 aliphatic carbocycles. The summed E-state index contributed by atoms with van der Waals surface area (Å²) in [6.45, 7) is 3.09. The molecule has 10 nitrogen and oxygen atoms in total. The summed E-state index contributed by atoms with van der Waals surface area (Å²) < 4.78 is 33.4. The molecule has 0 fully saturated rings. The number of aromatic nitrogens is 1. The highest BCUT2D eigenvalue weighted by Crippen LogP contribution is 2.30. The Morgan fingerprint density at radius 1 is 1.30 bits per heavy atom. The average molecular weight is 394 g/mol. The van der Waals surface area contributed by atoms with Crippen LogP contribution in [0.1, 0.15) is 22.8 Å². The molecular formula is C16H18N4O6S. The molecule has 2 rings (SSSR count). The first-order chi connectivity index (χ1) is 12.6. The molecule has 0 bridgehead atoms. The number of hydrogen-bond donors (Lipinski definition) is 3. The smallest absolute Gasteiger partial charge is 0.296 e. The molecule has 3 N–H and O–H groups in total. The Hall–Kier alpha value is -3.05. The van der Waals surface area contributed by atoms with Crippen LogP contribution in [0.25, 0.3) is 0 Å². The second-order valence-corrected chi connectivity index (χ2v) is 6.88. The summed E-state index contributed by atoms with van der Waals surface area (Å²) in [6.07, 6.45) is 0.389. The van der Waals surface area contributed by atoms with Crippen molar-refractivity contribution in [2.45, 2.75) is 25.3 Å². The van der Waals surface area contributed by atoms with Gasteiger partial charge >= 0.3 is 0 Å². The second kappa shape index (κ2) is 7.68. The van der Waals surface area contributed by atoms with Crippen molar-refractivity contribution in [3.63, 3.8) is 0 Å². The maximum atomic E-state index is 12.5. The van der Waals surface area contributed by atoms with Gasteiger partial charge in [0.25, 0.3) is 15.7 Å². The molecule has 27 heavy (non-hydrogen) atoms. The van der Waals surface area contributed by atoms with Crippen LogP contribution in [0.15, 0.2) is 38.1 Å². The van der Waals surface area contributed by atoms with Crippen molar-refractivity contribution in [2.24, 2.45) is 10.2 Å². The molecule has 0 unspecified atom stereocenters. The number of pyridine rings is 1. The van der Waals surface area contributed by atoms with Crippen LogP contribution in [-0.4, -0.2) is 36.0 Å². The highest BCUT2D eigenvalue weighted by molar-refractivity contribution is 7.86. The number of anilines is 1. The largest absolute Gasteiger partial charge is 0.494 e. The van der Waals surface area contributed by atoms with E-state index < -0.39 is 26.5 Å². The maximum absolute atomic E-state index is 12.5. The van der Waals surface area contributed by atoms with Gasteiger partial charge in [-0.1, -0.05) is 0 Å². The standard InChI is InChI=1S/C16H18N4O6S/c1-4-20-15(22)11(8-21)9(2)14(16(20)23)19-18-12-7-10(17-3)5-6-13(12)27(24,25)26/h5-8,17,22H,4H2,1-3H3,(H,24,25,26). The number of nitrogens with one attached hydrogen (secondary N) is 1. The number of carbonyl (C=O) groups is 1. The van der Waals surface area contributed by atoms with Crippen LogP contribution < -0.4 is 10.9 Å². The van der Waals surface area contributed by atoms with Gasteiger partial charge in [-0.2, -0.15) is 8.42 Å². The Kier molecular flexibility index (Phi) is 5.76. The predicted octanol–water partition coefficient (Wildman–Crippen LogP) is 2.40. The minimum absolute atomic E-state index is 0.0832. The van der Waals surface area contributed by atoms with Crippen LogP contribution in [0.4, 0.5) is 17.1 Å². The molecule has 144 valence electrons. The summed E-state index contributed by atoms with van der Waals surface area (Å²) in [5, 5.41) is 20.4. The molecule has 0 amide bonds. The number of aldehydes is 1. The van der Waals surface area contributed by atoms with Crippen molar-refractivity contribution >= 4 is 33.5 Å². The van der Waals surface area contributed by atoms with Gasteiger partial charge in [0.05, 0.1) is 5.56 Å². The van der Waals surface area contributed by atoms with Gasteiger partial charge < -0.3 is 10.4 Å². The summed E-state index contributed by atoms with van der Waals surface area (Å²) in [4.78, 5) is 23.3. The first-order valence-electron chi connectivity index (χ1n) is 7.78. The Labute approximate surface area is 154 Å². The van der Waals surface area contributed by atoms with E-state index in [1.54, 1.807) is 14.0 Å². The second-order valence-electron chi connectivity index (χ2n) is 5.49. The van der Waals surface area contributed by atoms with Gasteiger partial charge in [-0.25, -0.2) is 0 Å². The summed E-state index contributed by atoms with van der Waals surface area (Å²) in [7, 11) is -2.98. The van der Waals surface area contributed by atoms with Crippen LogP contribution in [0.2, 0.25) is 0 Å². The first kappa shape index (κ1) is 20.3. The molecule has 0 saturated carbocycles. The quantitative estimate of drug-likeness (QED) is 0.386. The molecule has 0 spiro atoms. The fourth-order valence-corrected chi connectivity index (χ4v) is 3.05. The van der Waals surface area contributed by atoms with Crippen molar-refractivity contribution in [1.82, 2.24) is 4.57 Å². The molecule has 0 aliphatic heterocycles. The zero-order valence-electron chi connectivity index (χ0n) is 14.8. The number of carbonyl (C=O) groups excluding carboxylic acids is 1. The maximum Gasteiger partial charge on any atom is 0.296 e. The highest BCUT2D eigenvalue weighted by Gasteiger charge is 2.19. The fraction of sp³-hybridized carbons (Fsp3) is 0.250. The lowest BCUT2D eigenvalue weighted by molar-refractivity contribution is 0.111. The molecule has 0 atom stereocenters. The number of azo groups is 1. The molecule has 0 saturated heterocycles. The van der Waals surface area contributed by atoms with Crippen LogP contribution in [-0.2, 0) is 16.7 Å². The van der Waals surface area contributed by atoms with E-state index in [1.807, 2.05) is 0 Å². The molecule has 2 aromatic rings. The molecule has 1 heterocycles. The van der Waals surface area contributed by atoms with Crippen molar-refractivity contribution < 1.29 is 22.9 Å². The first-order valence-corrected chi connectivity index (χ1v) is 9.22.